The quantitative estimate of drug-likeness (QED) is 0.515. The van der Waals surface area contributed by atoms with Gasteiger partial charge in [0.15, 0.2) is 0 Å². The molecule has 0 N–H and O–H groups in total. The fourth-order valence-corrected chi connectivity index (χ4v) is 2.16. The average Bonchev–Trinajstić information content (AvgIpc) is 2.04. The van der Waals surface area contributed by atoms with Gasteiger partial charge in [0.05, 0.1) is 0 Å². The second-order valence-corrected chi connectivity index (χ2v) is 4.30. The average molecular weight is 191 g/mol. The summed E-state index contributed by atoms with van der Waals surface area (Å²) in [6, 6.07) is 0. The number of rotatable bonds is 7. The third-order valence-corrected chi connectivity index (χ3v) is 2.86. The number of hydrogen-bond donors (Lipinski definition) is 0. The van der Waals surface area contributed by atoms with E-state index in [0.717, 1.165) is 5.92 Å². The fourth-order valence-electron chi connectivity index (χ4n) is 1.69. The molecule has 0 radical (unpaired) electrons. The Morgan fingerprint density at radius 3 is 2.00 bits per heavy atom. The van der Waals surface area contributed by atoms with E-state index < -0.39 is 0 Å². The molecule has 12 heavy (non-hydrogen) atoms. The van der Waals surface area contributed by atoms with Gasteiger partial charge in [0.25, 0.3) is 0 Å². The Balaban J connectivity index is 3.53. The second kappa shape index (κ2) is 7.91. The Hall–Kier alpha value is 0.290. The lowest BCUT2D eigenvalue weighted by atomic mass is 9.94. The highest BCUT2D eigenvalue weighted by atomic mass is 35.5. The molecule has 0 aliphatic rings. The van der Waals surface area contributed by atoms with Gasteiger partial charge in [0, 0.05) is 5.38 Å². The summed E-state index contributed by atoms with van der Waals surface area (Å²) in [5, 5.41) is 0.423. The SMILES string of the molecule is CCCC(Cl)C[C@H](CC)CCC. The van der Waals surface area contributed by atoms with Crippen LogP contribution in [0, 0.1) is 5.92 Å². The van der Waals surface area contributed by atoms with Crippen LogP contribution < -0.4 is 0 Å². The van der Waals surface area contributed by atoms with E-state index in [-0.39, 0.29) is 0 Å². The van der Waals surface area contributed by atoms with Crippen LogP contribution >= 0.6 is 11.6 Å². The maximum absolute atomic E-state index is 6.19. The summed E-state index contributed by atoms with van der Waals surface area (Å²) in [7, 11) is 0. The zero-order valence-electron chi connectivity index (χ0n) is 8.78. The van der Waals surface area contributed by atoms with Crippen molar-refractivity contribution in [1.29, 1.82) is 0 Å². The molecule has 0 aliphatic carbocycles. The van der Waals surface area contributed by atoms with Gasteiger partial charge >= 0.3 is 0 Å². The van der Waals surface area contributed by atoms with Crippen molar-refractivity contribution in [3.8, 4) is 0 Å². The molecule has 0 heterocycles. The Labute approximate surface area is 82.7 Å². The van der Waals surface area contributed by atoms with E-state index in [1.165, 1.54) is 38.5 Å². The van der Waals surface area contributed by atoms with Crippen LogP contribution in [-0.4, -0.2) is 5.38 Å². The van der Waals surface area contributed by atoms with Crippen molar-refractivity contribution in [1.82, 2.24) is 0 Å². The molecule has 1 unspecified atom stereocenters. The Bertz CT molecular complexity index is 91.0. The van der Waals surface area contributed by atoms with Crippen LogP contribution in [0.15, 0.2) is 0 Å². The minimum absolute atomic E-state index is 0.423. The van der Waals surface area contributed by atoms with Crippen molar-refractivity contribution in [3.05, 3.63) is 0 Å². The first-order valence-corrected chi connectivity index (χ1v) is 5.82. The number of halogens is 1. The number of alkyl halides is 1. The normalized spacial score (nSPS) is 16.0. The standard InChI is InChI=1S/C11H23Cl/c1-4-7-10(6-3)9-11(12)8-5-2/h10-11H,4-9H2,1-3H3/t10-,11?/m1/s1. The smallest absolute Gasteiger partial charge is 0.0338 e. The van der Waals surface area contributed by atoms with E-state index in [2.05, 4.69) is 20.8 Å². The highest BCUT2D eigenvalue weighted by Crippen LogP contribution is 2.22. The van der Waals surface area contributed by atoms with Crippen LogP contribution in [-0.2, 0) is 0 Å². The molecule has 0 amide bonds. The number of hydrogen-bond acceptors (Lipinski definition) is 0. The van der Waals surface area contributed by atoms with Crippen molar-refractivity contribution in [2.45, 2.75) is 64.7 Å². The summed E-state index contributed by atoms with van der Waals surface area (Å²) in [4.78, 5) is 0. The summed E-state index contributed by atoms with van der Waals surface area (Å²) >= 11 is 6.19. The van der Waals surface area contributed by atoms with E-state index in [0.29, 0.717) is 5.38 Å². The van der Waals surface area contributed by atoms with Gasteiger partial charge in [-0.3, -0.25) is 0 Å². The van der Waals surface area contributed by atoms with Crippen LogP contribution in [0.1, 0.15) is 59.3 Å². The molecule has 1 heteroatoms. The van der Waals surface area contributed by atoms with Crippen molar-refractivity contribution < 1.29 is 0 Å². The molecule has 2 atom stereocenters. The molecule has 0 saturated carbocycles. The first kappa shape index (κ1) is 12.3. The molecule has 0 nitrogen and oxygen atoms in total. The van der Waals surface area contributed by atoms with Gasteiger partial charge in [-0.25, -0.2) is 0 Å². The summed E-state index contributed by atoms with van der Waals surface area (Å²) in [5.74, 6) is 0.865. The molecule has 0 aromatic heterocycles. The lowest BCUT2D eigenvalue weighted by Gasteiger charge is -2.16. The first-order chi connectivity index (χ1) is 5.74. The predicted molar refractivity (Wildman–Crippen MR) is 57.9 cm³/mol. The Morgan fingerprint density at radius 2 is 1.58 bits per heavy atom. The third kappa shape index (κ3) is 5.88. The molecule has 0 rings (SSSR count). The Kier molecular flexibility index (Phi) is 8.11. The maximum Gasteiger partial charge on any atom is 0.0338 e. The van der Waals surface area contributed by atoms with Crippen molar-refractivity contribution in [3.63, 3.8) is 0 Å². The predicted octanol–water partition coefficient (Wildman–Crippen LogP) is 4.61. The van der Waals surface area contributed by atoms with E-state index in [1.54, 1.807) is 0 Å². The van der Waals surface area contributed by atoms with Crippen LogP contribution in [0.25, 0.3) is 0 Å². The topological polar surface area (TPSA) is 0 Å². The highest BCUT2D eigenvalue weighted by molar-refractivity contribution is 6.20. The molecular weight excluding hydrogens is 168 g/mol. The van der Waals surface area contributed by atoms with E-state index in [4.69, 9.17) is 11.6 Å². The zero-order valence-corrected chi connectivity index (χ0v) is 9.53. The molecule has 0 aromatic carbocycles. The van der Waals surface area contributed by atoms with E-state index >= 15 is 0 Å². The zero-order chi connectivity index (χ0) is 9.40. The summed E-state index contributed by atoms with van der Waals surface area (Å²) in [6.07, 6.45) is 7.57. The lowest BCUT2D eigenvalue weighted by molar-refractivity contribution is 0.416. The monoisotopic (exact) mass is 190 g/mol. The van der Waals surface area contributed by atoms with Gasteiger partial charge in [0.2, 0.25) is 0 Å². The molecule has 0 aromatic rings. The largest absolute Gasteiger partial charge is 0.123 e. The lowest BCUT2D eigenvalue weighted by Crippen LogP contribution is -2.07. The molecular formula is C11H23Cl. The van der Waals surface area contributed by atoms with Crippen LogP contribution in [0.4, 0.5) is 0 Å². The summed E-state index contributed by atoms with van der Waals surface area (Å²) < 4.78 is 0. The summed E-state index contributed by atoms with van der Waals surface area (Å²) in [5.41, 5.74) is 0. The minimum atomic E-state index is 0.423. The second-order valence-electron chi connectivity index (χ2n) is 3.68. The molecule has 0 bridgehead atoms. The molecule has 74 valence electrons. The van der Waals surface area contributed by atoms with Gasteiger partial charge < -0.3 is 0 Å². The van der Waals surface area contributed by atoms with Gasteiger partial charge in [-0.1, -0.05) is 46.5 Å². The molecule has 0 spiro atoms. The minimum Gasteiger partial charge on any atom is -0.123 e. The molecule has 0 fully saturated rings. The van der Waals surface area contributed by atoms with Gasteiger partial charge in [-0.05, 0) is 18.8 Å². The van der Waals surface area contributed by atoms with E-state index in [9.17, 15) is 0 Å². The van der Waals surface area contributed by atoms with Crippen LogP contribution in [0.2, 0.25) is 0 Å². The summed E-state index contributed by atoms with van der Waals surface area (Å²) in [6.45, 7) is 6.73. The van der Waals surface area contributed by atoms with Gasteiger partial charge in [-0.15, -0.1) is 11.6 Å². The van der Waals surface area contributed by atoms with Gasteiger partial charge in [0.1, 0.15) is 0 Å². The highest BCUT2D eigenvalue weighted by Gasteiger charge is 2.11. The van der Waals surface area contributed by atoms with Crippen molar-refractivity contribution in [2.24, 2.45) is 5.92 Å². The molecule has 0 aliphatic heterocycles. The third-order valence-electron chi connectivity index (χ3n) is 2.47. The van der Waals surface area contributed by atoms with Crippen molar-refractivity contribution >= 4 is 11.6 Å². The van der Waals surface area contributed by atoms with Gasteiger partial charge in [-0.2, -0.15) is 0 Å². The Morgan fingerprint density at radius 1 is 1.00 bits per heavy atom. The maximum atomic E-state index is 6.19. The van der Waals surface area contributed by atoms with E-state index in [1.807, 2.05) is 0 Å². The first-order valence-electron chi connectivity index (χ1n) is 5.38. The fraction of sp³-hybridized carbons (Fsp3) is 1.00. The van der Waals surface area contributed by atoms with Crippen LogP contribution in [0.5, 0.6) is 0 Å². The van der Waals surface area contributed by atoms with Crippen molar-refractivity contribution in [2.75, 3.05) is 0 Å². The molecule has 0 saturated heterocycles. The van der Waals surface area contributed by atoms with Crippen LogP contribution in [0.3, 0.4) is 0 Å².